The maximum atomic E-state index is 12.1. The molecule has 19 heavy (non-hydrogen) atoms. The molecule has 4 nitrogen and oxygen atoms in total. The molecule has 2 aromatic rings. The van der Waals surface area contributed by atoms with Crippen LogP contribution in [0.4, 0.5) is 0 Å². The van der Waals surface area contributed by atoms with E-state index in [-0.39, 0.29) is 28.6 Å². The third-order valence-electron chi connectivity index (χ3n) is 2.81. The van der Waals surface area contributed by atoms with Crippen molar-refractivity contribution in [1.82, 2.24) is 0 Å². The van der Waals surface area contributed by atoms with E-state index in [9.17, 15) is 13.5 Å². The molecule has 0 aliphatic rings. The van der Waals surface area contributed by atoms with Crippen molar-refractivity contribution >= 4 is 9.84 Å². The number of hydrogen-bond donors (Lipinski definition) is 2. The molecule has 5 heteroatoms. The Morgan fingerprint density at radius 3 is 2.26 bits per heavy atom. The van der Waals surface area contributed by atoms with E-state index < -0.39 is 9.84 Å². The number of phenols is 2. The van der Waals surface area contributed by atoms with Crippen molar-refractivity contribution in [2.24, 2.45) is 0 Å². The van der Waals surface area contributed by atoms with Gasteiger partial charge in [0.15, 0.2) is 9.84 Å². The SMILES string of the molecule is O=S(=O)(CCc1ccc(O)cc1O)c1ccccc1. The van der Waals surface area contributed by atoms with E-state index >= 15 is 0 Å². The molecule has 0 bridgehead atoms. The molecule has 0 radical (unpaired) electrons. The number of aryl methyl sites for hydroxylation is 1. The Hall–Kier alpha value is -2.01. The van der Waals surface area contributed by atoms with Gasteiger partial charge in [-0.2, -0.15) is 0 Å². The third-order valence-corrected chi connectivity index (χ3v) is 4.54. The lowest BCUT2D eigenvalue weighted by molar-refractivity contribution is 0.446. The minimum atomic E-state index is -3.36. The van der Waals surface area contributed by atoms with E-state index in [4.69, 9.17) is 5.11 Å². The summed E-state index contributed by atoms with van der Waals surface area (Å²) in [6.45, 7) is 0. The predicted molar refractivity (Wildman–Crippen MR) is 72.0 cm³/mol. The molecule has 0 fully saturated rings. The van der Waals surface area contributed by atoms with Crippen LogP contribution in [0.5, 0.6) is 11.5 Å². The van der Waals surface area contributed by atoms with E-state index in [2.05, 4.69) is 0 Å². The summed E-state index contributed by atoms with van der Waals surface area (Å²) in [7, 11) is -3.36. The van der Waals surface area contributed by atoms with Crippen LogP contribution >= 0.6 is 0 Å². The Kier molecular flexibility index (Phi) is 3.76. The lowest BCUT2D eigenvalue weighted by Gasteiger charge is -2.06. The van der Waals surface area contributed by atoms with Gasteiger partial charge < -0.3 is 10.2 Å². The average molecular weight is 278 g/mol. The molecule has 2 N–H and O–H groups in total. The van der Waals surface area contributed by atoms with Gasteiger partial charge in [-0.1, -0.05) is 24.3 Å². The number of sulfone groups is 1. The van der Waals surface area contributed by atoms with E-state index in [1.165, 1.54) is 18.2 Å². The zero-order valence-electron chi connectivity index (χ0n) is 10.2. The Labute approximate surface area is 111 Å². The highest BCUT2D eigenvalue weighted by Crippen LogP contribution is 2.24. The van der Waals surface area contributed by atoms with Crippen LogP contribution in [-0.4, -0.2) is 24.4 Å². The molecule has 0 saturated carbocycles. The molecular formula is C14H14O4S. The van der Waals surface area contributed by atoms with Crippen LogP contribution in [0.25, 0.3) is 0 Å². The Balaban J connectivity index is 2.14. The molecular weight excluding hydrogens is 264 g/mol. The molecule has 0 aliphatic carbocycles. The quantitative estimate of drug-likeness (QED) is 0.898. The Morgan fingerprint density at radius 1 is 0.947 bits per heavy atom. The first-order valence-corrected chi connectivity index (χ1v) is 7.43. The van der Waals surface area contributed by atoms with Gasteiger partial charge >= 0.3 is 0 Å². The molecule has 2 aromatic carbocycles. The van der Waals surface area contributed by atoms with E-state index in [1.807, 2.05) is 0 Å². The highest BCUT2D eigenvalue weighted by atomic mass is 32.2. The van der Waals surface area contributed by atoms with Gasteiger partial charge in [0.05, 0.1) is 10.6 Å². The highest BCUT2D eigenvalue weighted by molar-refractivity contribution is 7.91. The van der Waals surface area contributed by atoms with Crippen molar-refractivity contribution in [1.29, 1.82) is 0 Å². The molecule has 100 valence electrons. The van der Waals surface area contributed by atoms with E-state index in [1.54, 1.807) is 30.3 Å². The highest BCUT2D eigenvalue weighted by Gasteiger charge is 2.15. The summed E-state index contributed by atoms with van der Waals surface area (Å²) >= 11 is 0. The third kappa shape index (κ3) is 3.26. The first-order valence-electron chi connectivity index (χ1n) is 5.78. The Morgan fingerprint density at radius 2 is 1.63 bits per heavy atom. The fraction of sp³-hybridized carbons (Fsp3) is 0.143. The van der Waals surface area contributed by atoms with Crippen LogP contribution in [0.1, 0.15) is 5.56 Å². The zero-order chi connectivity index (χ0) is 13.9. The second-order valence-corrected chi connectivity index (χ2v) is 6.30. The maximum Gasteiger partial charge on any atom is 0.178 e. The largest absolute Gasteiger partial charge is 0.508 e. The number of aromatic hydroxyl groups is 2. The Bertz CT molecular complexity index is 663. The number of phenolic OH excluding ortho intramolecular Hbond substituents is 2. The molecule has 2 rings (SSSR count). The van der Waals surface area contributed by atoms with Crippen molar-refractivity contribution in [3.63, 3.8) is 0 Å². The zero-order valence-corrected chi connectivity index (χ0v) is 11.0. The summed E-state index contributed by atoms with van der Waals surface area (Å²) in [5.41, 5.74) is 0.498. The molecule has 0 aliphatic heterocycles. The van der Waals surface area contributed by atoms with Crippen molar-refractivity contribution in [3.05, 3.63) is 54.1 Å². The van der Waals surface area contributed by atoms with Gasteiger partial charge in [0.1, 0.15) is 11.5 Å². The van der Waals surface area contributed by atoms with Crippen LogP contribution in [0, 0.1) is 0 Å². The lowest BCUT2D eigenvalue weighted by Crippen LogP contribution is -2.09. The predicted octanol–water partition coefficient (Wildman–Crippen LogP) is 2.11. The average Bonchev–Trinajstić information content (AvgIpc) is 2.39. The molecule has 0 heterocycles. The second-order valence-electron chi connectivity index (χ2n) is 4.19. The van der Waals surface area contributed by atoms with Crippen molar-refractivity contribution < 1.29 is 18.6 Å². The van der Waals surface area contributed by atoms with Crippen molar-refractivity contribution in [3.8, 4) is 11.5 Å². The minimum absolute atomic E-state index is 0.0489. The van der Waals surface area contributed by atoms with Crippen LogP contribution in [0.2, 0.25) is 0 Å². The monoisotopic (exact) mass is 278 g/mol. The van der Waals surface area contributed by atoms with Crippen LogP contribution < -0.4 is 0 Å². The summed E-state index contributed by atoms with van der Waals surface area (Å²) in [6.07, 6.45) is 0.198. The number of benzene rings is 2. The molecule has 0 amide bonds. The van der Waals surface area contributed by atoms with Gasteiger partial charge in [-0.05, 0) is 30.2 Å². The smallest absolute Gasteiger partial charge is 0.178 e. The minimum Gasteiger partial charge on any atom is -0.508 e. The summed E-state index contributed by atoms with van der Waals surface area (Å²) in [5, 5.41) is 18.8. The van der Waals surface area contributed by atoms with Crippen LogP contribution in [0.3, 0.4) is 0 Å². The topological polar surface area (TPSA) is 74.6 Å². The molecule has 0 unspecified atom stereocenters. The van der Waals surface area contributed by atoms with Gasteiger partial charge in [0, 0.05) is 6.07 Å². The fourth-order valence-corrected chi connectivity index (χ4v) is 3.05. The maximum absolute atomic E-state index is 12.1. The molecule has 0 saturated heterocycles. The molecule has 0 atom stereocenters. The second kappa shape index (κ2) is 5.32. The van der Waals surface area contributed by atoms with Gasteiger partial charge in [0.25, 0.3) is 0 Å². The van der Waals surface area contributed by atoms with Crippen molar-refractivity contribution in [2.45, 2.75) is 11.3 Å². The lowest BCUT2D eigenvalue weighted by atomic mass is 10.1. The summed E-state index contributed by atoms with van der Waals surface area (Å²) in [4.78, 5) is 0.272. The first-order chi connectivity index (χ1) is 8.99. The fourth-order valence-electron chi connectivity index (χ4n) is 1.75. The van der Waals surface area contributed by atoms with Crippen LogP contribution in [-0.2, 0) is 16.3 Å². The molecule has 0 aromatic heterocycles. The standard InChI is InChI=1S/C14H14O4S/c15-12-7-6-11(14(16)10-12)8-9-19(17,18)13-4-2-1-3-5-13/h1-7,10,15-16H,8-9H2. The summed E-state index contributed by atoms with van der Waals surface area (Å²) in [6, 6.07) is 12.3. The van der Waals surface area contributed by atoms with Crippen LogP contribution in [0.15, 0.2) is 53.4 Å². The van der Waals surface area contributed by atoms with E-state index in [0.717, 1.165) is 0 Å². The van der Waals surface area contributed by atoms with Gasteiger partial charge in [-0.15, -0.1) is 0 Å². The number of rotatable bonds is 4. The van der Waals surface area contributed by atoms with E-state index in [0.29, 0.717) is 5.56 Å². The summed E-state index contributed by atoms with van der Waals surface area (Å²) < 4.78 is 24.1. The van der Waals surface area contributed by atoms with Gasteiger partial charge in [-0.25, -0.2) is 8.42 Å². The van der Waals surface area contributed by atoms with Gasteiger partial charge in [-0.3, -0.25) is 0 Å². The summed E-state index contributed by atoms with van der Waals surface area (Å²) in [5.74, 6) is -0.231. The van der Waals surface area contributed by atoms with Gasteiger partial charge in [0.2, 0.25) is 0 Å². The molecule has 0 spiro atoms. The first kappa shape index (κ1) is 13.4. The normalized spacial score (nSPS) is 11.4. The van der Waals surface area contributed by atoms with Crippen molar-refractivity contribution in [2.75, 3.05) is 5.75 Å². The number of hydrogen-bond acceptors (Lipinski definition) is 4.